The van der Waals surface area contributed by atoms with Crippen LogP contribution in [0.5, 0.6) is 0 Å². The van der Waals surface area contributed by atoms with Crippen LogP contribution < -0.4 is 0 Å². The molecule has 0 bridgehead atoms. The molecule has 24 heavy (non-hydrogen) atoms. The number of hydrogen-bond donors (Lipinski definition) is 0. The smallest absolute Gasteiger partial charge is 0.146 e. The van der Waals surface area contributed by atoms with E-state index in [4.69, 9.17) is 9.47 Å². The average molecular weight is 324 g/mol. The third kappa shape index (κ3) is 3.71. The van der Waals surface area contributed by atoms with E-state index in [1.54, 1.807) is 7.11 Å². The average Bonchev–Trinajstić information content (AvgIpc) is 3.29. The van der Waals surface area contributed by atoms with E-state index in [9.17, 15) is 0 Å². The maximum Gasteiger partial charge on any atom is 0.146 e. The number of ether oxygens (including phenoxy) is 2. The quantitative estimate of drug-likeness (QED) is 0.543. The highest BCUT2D eigenvalue weighted by molar-refractivity contribution is 5.40. The zero-order valence-corrected chi connectivity index (χ0v) is 15.2. The molecule has 0 radical (unpaired) electrons. The molecule has 2 aromatic carbocycles. The Labute approximate surface area is 145 Å². The molecular weight excluding hydrogens is 296 g/mol. The number of methoxy groups -OCH3 is 1. The van der Waals surface area contributed by atoms with Crippen LogP contribution in [-0.4, -0.2) is 20.5 Å². The van der Waals surface area contributed by atoms with Crippen LogP contribution >= 0.6 is 0 Å². The number of rotatable bonds is 6. The Hall–Kier alpha value is -1.64. The summed E-state index contributed by atoms with van der Waals surface area (Å²) in [4.78, 5) is 0. The molecule has 1 aliphatic rings. The summed E-state index contributed by atoms with van der Waals surface area (Å²) in [5.74, 6) is 1.62. The molecule has 1 fully saturated rings. The third-order valence-corrected chi connectivity index (χ3v) is 5.03. The fourth-order valence-corrected chi connectivity index (χ4v) is 3.64. The van der Waals surface area contributed by atoms with Crippen molar-refractivity contribution in [3.63, 3.8) is 0 Å². The molecule has 0 heterocycles. The predicted octanol–water partition coefficient (Wildman–Crippen LogP) is 5.10. The summed E-state index contributed by atoms with van der Waals surface area (Å²) in [7, 11) is 1.67. The van der Waals surface area contributed by atoms with Crippen molar-refractivity contribution in [3.8, 4) is 0 Å². The maximum atomic E-state index is 5.67. The zero-order chi connectivity index (χ0) is 17.2. The van der Waals surface area contributed by atoms with Crippen molar-refractivity contribution in [1.29, 1.82) is 0 Å². The fourth-order valence-electron chi connectivity index (χ4n) is 3.64. The van der Waals surface area contributed by atoms with E-state index in [1.165, 1.54) is 16.7 Å². The molecule has 0 saturated heterocycles. The SMILES string of the molecule is COCOC[C@@H]1[C@@H](c2ccc(C(C)(C)C)cc2)[C@H]1c1ccccc1. The second-order valence-electron chi connectivity index (χ2n) is 7.78. The van der Waals surface area contributed by atoms with Crippen molar-refractivity contribution >= 4 is 0 Å². The molecule has 2 heteroatoms. The van der Waals surface area contributed by atoms with E-state index in [-0.39, 0.29) is 5.41 Å². The van der Waals surface area contributed by atoms with Crippen LogP contribution in [0.25, 0.3) is 0 Å². The van der Waals surface area contributed by atoms with Crippen LogP contribution in [0.3, 0.4) is 0 Å². The van der Waals surface area contributed by atoms with Crippen LogP contribution in [0.15, 0.2) is 54.6 Å². The highest BCUT2D eigenvalue weighted by Gasteiger charge is 2.51. The molecular formula is C22H28O2. The summed E-state index contributed by atoms with van der Waals surface area (Å²) in [6.07, 6.45) is 0. The Morgan fingerprint density at radius 1 is 0.833 bits per heavy atom. The first-order valence-corrected chi connectivity index (χ1v) is 8.74. The van der Waals surface area contributed by atoms with Gasteiger partial charge in [-0.2, -0.15) is 0 Å². The lowest BCUT2D eigenvalue weighted by molar-refractivity contribution is -0.0352. The molecule has 0 aromatic heterocycles. The van der Waals surface area contributed by atoms with Gasteiger partial charge in [0.1, 0.15) is 6.79 Å². The number of benzene rings is 2. The lowest BCUT2D eigenvalue weighted by Gasteiger charge is -2.19. The molecule has 0 spiro atoms. The van der Waals surface area contributed by atoms with E-state index in [1.807, 2.05) is 0 Å². The van der Waals surface area contributed by atoms with Gasteiger partial charge in [-0.05, 0) is 39.9 Å². The Kier molecular flexibility index (Phi) is 5.07. The maximum absolute atomic E-state index is 5.67. The van der Waals surface area contributed by atoms with Crippen LogP contribution in [0, 0.1) is 5.92 Å². The second-order valence-corrected chi connectivity index (χ2v) is 7.78. The zero-order valence-electron chi connectivity index (χ0n) is 15.2. The van der Waals surface area contributed by atoms with Gasteiger partial charge in [-0.3, -0.25) is 0 Å². The van der Waals surface area contributed by atoms with E-state index < -0.39 is 0 Å². The summed E-state index contributed by atoms with van der Waals surface area (Å²) < 4.78 is 10.7. The first kappa shape index (κ1) is 17.2. The Balaban J connectivity index is 1.79. The molecule has 1 aliphatic carbocycles. The van der Waals surface area contributed by atoms with Gasteiger partial charge in [-0.15, -0.1) is 0 Å². The van der Waals surface area contributed by atoms with Crippen LogP contribution in [0.2, 0.25) is 0 Å². The van der Waals surface area contributed by atoms with Gasteiger partial charge in [0, 0.05) is 7.11 Å². The summed E-state index contributed by atoms with van der Waals surface area (Å²) in [6.45, 7) is 7.89. The minimum atomic E-state index is 0.196. The third-order valence-electron chi connectivity index (χ3n) is 5.03. The van der Waals surface area contributed by atoms with Crippen molar-refractivity contribution in [1.82, 2.24) is 0 Å². The standard InChI is InChI=1S/C22H28O2/c1-22(2,3)18-12-10-17(11-13-18)21-19(14-24-15-23-4)20(21)16-8-6-5-7-9-16/h5-13,19-21H,14-15H2,1-4H3/t19-,20-,21+/m0/s1. The Bertz CT molecular complexity index is 640. The van der Waals surface area contributed by atoms with Crippen LogP contribution in [0.1, 0.15) is 49.3 Å². The molecule has 0 unspecified atom stereocenters. The van der Waals surface area contributed by atoms with Crippen molar-refractivity contribution in [3.05, 3.63) is 71.3 Å². The molecule has 0 amide bonds. The fraction of sp³-hybridized carbons (Fsp3) is 0.455. The van der Waals surface area contributed by atoms with Gasteiger partial charge in [-0.1, -0.05) is 75.4 Å². The lowest BCUT2D eigenvalue weighted by Crippen LogP contribution is -2.10. The Morgan fingerprint density at radius 3 is 1.96 bits per heavy atom. The monoisotopic (exact) mass is 324 g/mol. The normalized spacial score (nSPS) is 23.2. The van der Waals surface area contributed by atoms with E-state index >= 15 is 0 Å². The van der Waals surface area contributed by atoms with Crippen LogP contribution in [0.4, 0.5) is 0 Å². The summed E-state index contributed by atoms with van der Waals surface area (Å²) in [5, 5.41) is 0. The van der Waals surface area contributed by atoms with Gasteiger partial charge < -0.3 is 9.47 Å². The molecule has 0 aliphatic heterocycles. The first-order chi connectivity index (χ1) is 11.5. The highest BCUT2D eigenvalue weighted by atomic mass is 16.7. The minimum absolute atomic E-state index is 0.196. The van der Waals surface area contributed by atoms with Gasteiger partial charge in [-0.25, -0.2) is 0 Å². The van der Waals surface area contributed by atoms with Gasteiger partial charge >= 0.3 is 0 Å². The molecule has 3 atom stereocenters. The van der Waals surface area contributed by atoms with Gasteiger partial charge in [0.2, 0.25) is 0 Å². The molecule has 0 N–H and O–H groups in total. The highest BCUT2D eigenvalue weighted by Crippen LogP contribution is 2.60. The summed E-state index contributed by atoms with van der Waals surface area (Å²) >= 11 is 0. The second kappa shape index (κ2) is 7.08. The summed E-state index contributed by atoms with van der Waals surface area (Å²) in [6, 6.07) is 20.0. The molecule has 1 saturated carbocycles. The summed E-state index contributed by atoms with van der Waals surface area (Å²) in [5.41, 5.74) is 4.41. The molecule has 2 nitrogen and oxygen atoms in total. The largest absolute Gasteiger partial charge is 0.359 e. The minimum Gasteiger partial charge on any atom is -0.359 e. The van der Waals surface area contributed by atoms with Crippen molar-refractivity contribution < 1.29 is 9.47 Å². The first-order valence-electron chi connectivity index (χ1n) is 8.74. The van der Waals surface area contributed by atoms with Crippen molar-refractivity contribution in [2.24, 2.45) is 5.92 Å². The van der Waals surface area contributed by atoms with E-state index in [0.717, 1.165) is 6.61 Å². The van der Waals surface area contributed by atoms with Crippen molar-refractivity contribution in [2.45, 2.75) is 38.0 Å². The van der Waals surface area contributed by atoms with Gasteiger partial charge in [0.15, 0.2) is 0 Å². The van der Waals surface area contributed by atoms with Crippen LogP contribution in [-0.2, 0) is 14.9 Å². The molecule has 2 aromatic rings. The predicted molar refractivity (Wildman–Crippen MR) is 98.4 cm³/mol. The van der Waals surface area contributed by atoms with Gasteiger partial charge in [0.25, 0.3) is 0 Å². The number of hydrogen-bond acceptors (Lipinski definition) is 2. The Morgan fingerprint density at radius 2 is 1.42 bits per heavy atom. The molecule has 3 rings (SSSR count). The topological polar surface area (TPSA) is 18.5 Å². The van der Waals surface area contributed by atoms with E-state index in [2.05, 4.69) is 75.4 Å². The van der Waals surface area contributed by atoms with E-state index in [0.29, 0.717) is 24.5 Å². The molecule has 128 valence electrons. The van der Waals surface area contributed by atoms with Gasteiger partial charge in [0.05, 0.1) is 6.61 Å². The lowest BCUT2D eigenvalue weighted by atomic mass is 9.86. The van der Waals surface area contributed by atoms with Crippen molar-refractivity contribution in [2.75, 3.05) is 20.5 Å².